The summed E-state index contributed by atoms with van der Waals surface area (Å²) in [4.78, 5) is 16.3. The number of amides is 1. The summed E-state index contributed by atoms with van der Waals surface area (Å²) in [6.07, 6.45) is 1.46. The highest BCUT2D eigenvalue weighted by Gasteiger charge is 2.38. The van der Waals surface area contributed by atoms with Gasteiger partial charge in [0.15, 0.2) is 0 Å². The Labute approximate surface area is 112 Å². The molecule has 1 aliphatic rings. The lowest BCUT2D eigenvalue weighted by Crippen LogP contribution is -2.34. The predicted octanol–water partition coefficient (Wildman–Crippen LogP) is 1.56. The number of methoxy groups -OCH3 is 1. The average Bonchev–Trinajstić information content (AvgIpc) is 2.91. The normalized spacial score (nSPS) is 23.9. The minimum Gasteiger partial charge on any atom is -0.383 e. The number of likely N-dealkylation sites (tertiary alicyclic amines) is 1. The van der Waals surface area contributed by atoms with E-state index in [1.165, 1.54) is 9.75 Å². The maximum absolute atomic E-state index is 11.9. The zero-order valence-corrected chi connectivity index (χ0v) is 11.7. The van der Waals surface area contributed by atoms with Crippen LogP contribution >= 0.6 is 11.3 Å². The second kappa shape index (κ2) is 5.82. The third kappa shape index (κ3) is 2.58. The molecule has 1 fully saturated rings. The molecule has 2 rings (SSSR count). The van der Waals surface area contributed by atoms with Crippen molar-refractivity contribution in [1.29, 1.82) is 0 Å². The summed E-state index contributed by atoms with van der Waals surface area (Å²) in [5.74, 6) is 0.135. The first kappa shape index (κ1) is 13.5. The summed E-state index contributed by atoms with van der Waals surface area (Å²) >= 11 is 1.76. The molecule has 0 bridgehead atoms. The Kier molecular flexibility index (Phi) is 4.37. The van der Waals surface area contributed by atoms with E-state index in [9.17, 15) is 4.79 Å². The molecule has 0 saturated carbocycles. The van der Waals surface area contributed by atoms with Crippen molar-refractivity contribution in [3.8, 4) is 0 Å². The largest absolute Gasteiger partial charge is 0.383 e. The smallest absolute Gasteiger partial charge is 0.224 e. The Morgan fingerprint density at radius 1 is 1.56 bits per heavy atom. The lowest BCUT2D eigenvalue weighted by Gasteiger charge is -2.25. The molecule has 0 aliphatic carbocycles. The van der Waals surface area contributed by atoms with Gasteiger partial charge in [0.2, 0.25) is 5.91 Å². The van der Waals surface area contributed by atoms with Crippen molar-refractivity contribution in [3.05, 3.63) is 21.9 Å². The number of nitrogens with zero attached hydrogens (tertiary/aromatic N) is 1. The first-order chi connectivity index (χ1) is 8.67. The van der Waals surface area contributed by atoms with Gasteiger partial charge in [-0.25, -0.2) is 0 Å². The number of aryl methyl sites for hydroxylation is 1. The number of rotatable bonds is 5. The fourth-order valence-electron chi connectivity index (χ4n) is 2.38. The summed E-state index contributed by atoms with van der Waals surface area (Å²) in [6, 6.07) is 4.16. The van der Waals surface area contributed by atoms with E-state index in [0.29, 0.717) is 19.6 Å². The van der Waals surface area contributed by atoms with Crippen molar-refractivity contribution >= 4 is 17.2 Å². The molecule has 2 heterocycles. The van der Waals surface area contributed by atoms with Gasteiger partial charge in [-0.05, 0) is 18.6 Å². The molecule has 0 aromatic carbocycles. The zero-order chi connectivity index (χ0) is 13.1. The van der Waals surface area contributed by atoms with E-state index >= 15 is 0 Å². The number of carbonyl (C=O) groups is 1. The Morgan fingerprint density at radius 2 is 2.33 bits per heavy atom. The van der Waals surface area contributed by atoms with E-state index in [2.05, 4.69) is 19.1 Å². The highest BCUT2D eigenvalue weighted by molar-refractivity contribution is 7.12. The van der Waals surface area contributed by atoms with Crippen LogP contribution in [0.1, 0.15) is 29.1 Å². The lowest BCUT2D eigenvalue weighted by atomic mass is 10.1. The molecule has 2 N–H and O–H groups in total. The second-order valence-corrected chi connectivity index (χ2v) is 5.75. The molecule has 100 valence electrons. The molecule has 5 heteroatoms. The summed E-state index contributed by atoms with van der Waals surface area (Å²) in [7, 11) is 1.65. The monoisotopic (exact) mass is 268 g/mol. The third-order valence-electron chi connectivity index (χ3n) is 3.33. The molecule has 1 aliphatic heterocycles. The van der Waals surface area contributed by atoms with Crippen LogP contribution in [0.25, 0.3) is 0 Å². The maximum atomic E-state index is 11.9. The number of hydrogen-bond acceptors (Lipinski definition) is 4. The number of thiophene rings is 1. The van der Waals surface area contributed by atoms with Crippen molar-refractivity contribution in [2.45, 2.75) is 31.8 Å². The van der Waals surface area contributed by atoms with E-state index in [0.717, 1.165) is 6.42 Å². The second-order valence-electron chi connectivity index (χ2n) is 4.55. The highest BCUT2D eigenvalue weighted by atomic mass is 32.1. The third-order valence-corrected chi connectivity index (χ3v) is 4.63. The predicted molar refractivity (Wildman–Crippen MR) is 72.6 cm³/mol. The van der Waals surface area contributed by atoms with Crippen LogP contribution in [0.4, 0.5) is 0 Å². The van der Waals surface area contributed by atoms with Crippen molar-refractivity contribution in [2.75, 3.05) is 20.3 Å². The highest BCUT2D eigenvalue weighted by Crippen LogP contribution is 2.35. The van der Waals surface area contributed by atoms with Crippen LogP contribution in [-0.2, 0) is 16.0 Å². The minimum absolute atomic E-state index is 0.0259. The van der Waals surface area contributed by atoms with Crippen molar-refractivity contribution < 1.29 is 9.53 Å². The Hall–Kier alpha value is -0.910. The van der Waals surface area contributed by atoms with Gasteiger partial charge in [0, 0.05) is 35.9 Å². The van der Waals surface area contributed by atoms with E-state index < -0.39 is 0 Å². The molecule has 18 heavy (non-hydrogen) atoms. The summed E-state index contributed by atoms with van der Waals surface area (Å²) in [6.45, 7) is 3.31. The standard InChI is InChI=1S/C13H20N2O2S/c1-3-9-4-5-11(18-9)13-10(14)8-12(16)15(13)6-7-17-2/h4-5,10,13H,3,6-8,14H2,1-2H3. The quantitative estimate of drug-likeness (QED) is 0.881. The van der Waals surface area contributed by atoms with Gasteiger partial charge in [-0.15, -0.1) is 11.3 Å². The molecule has 1 amide bonds. The van der Waals surface area contributed by atoms with E-state index in [-0.39, 0.29) is 18.0 Å². The summed E-state index contributed by atoms with van der Waals surface area (Å²) in [5.41, 5.74) is 6.12. The first-order valence-corrected chi connectivity index (χ1v) is 7.11. The van der Waals surface area contributed by atoms with Crippen molar-refractivity contribution in [3.63, 3.8) is 0 Å². The van der Waals surface area contributed by atoms with Crippen LogP contribution < -0.4 is 5.73 Å². The van der Waals surface area contributed by atoms with E-state index in [1.54, 1.807) is 18.4 Å². The van der Waals surface area contributed by atoms with Gasteiger partial charge in [-0.3, -0.25) is 4.79 Å². The maximum Gasteiger partial charge on any atom is 0.224 e. The van der Waals surface area contributed by atoms with E-state index in [1.807, 2.05) is 4.90 Å². The molecule has 1 aromatic rings. The molecular formula is C13H20N2O2S. The van der Waals surface area contributed by atoms with E-state index in [4.69, 9.17) is 10.5 Å². The fraction of sp³-hybridized carbons (Fsp3) is 0.615. The molecule has 2 atom stereocenters. The molecule has 1 saturated heterocycles. The van der Waals surface area contributed by atoms with Crippen LogP contribution in [0.15, 0.2) is 12.1 Å². The van der Waals surface area contributed by atoms with Gasteiger partial charge < -0.3 is 15.4 Å². The van der Waals surface area contributed by atoms with Crippen LogP contribution in [0.3, 0.4) is 0 Å². The van der Waals surface area contributed by atoms with Gasteiger partial charge in [-0.2, -0.15) is 0 Å². The van der Waals surface area contributed by atoms with Gasteiger partial charge in [0.25, 0.3) is 0 Å². The van der Waals surface area contributed by atoms with Crippen LogP contribution in [0, 0.1) is 0 Å². The van der Waals surface area contributed by atoms with Gasteiger partial charge >= 0.3 is 0 Å². The zero-order valence-electron chi connectivity index (χ0n) is 10.9. The van der Waals surface area contributed by atoms with Crippen LogP contribution in [0.2, 0.25) is 0 Å². The molecular weight excluding hydrogens is 248 g/mol. The number of hydrogen-bond donors (Lipinski definition) is 1. The molecule has 0 radical (unpaired) electrons. The minimum atomic E-state index is -0.0993. The Morgan fingerprint density at radius 3 is 2.94 bits per heavy atom. The van der Waals surface area contributed by atoms with Gasteiger partial charge in [0.05, 0.1) is 12.6 Å². The van der Waals surface area contributed by atoms with Crippen molar-refractivity contribution in [2.24, 2.45) is 5.73 Å². The Balaban J connectivity index is 2.19. The van der Waals surface area contributed by atoms with Crippen molar-refractivity contribution in [1.82, 2.24) is 4.90 Å². The SMILES string of the molecule is CCc1ccc(C2C(N)CC(=O)N2CCOC)s1. The topological polar surface area (TPSA) is 55.6 Å². The molecule has 1 aromatic heterocycles. The number of ether oxygens (including phenoxy) is 1. The van der Waals surface area contributed by atoms with Crippen LogP contribution in [0.5, 0.6) is 0 Å². The summed E-state index contributed by atoms with van der Waals surface area (Å²) in [5, 5.41) is 0. The fourth-order valence-corrected chi connectivity index (χ4v) is 3.52. The first-order valence-electron chi connectivity index (χ1n) is 6.30. The summed E-state index contributed by atoms with van der Waals surface area (Å²) < 4.78 is 5.07. The molecule has 4 nitrogen and oxygen atoms in total. The average molecular weight is 268 g/mol. The lowest BCUT2D eigenvalue weighted by molar-refractivity contribution is -0.129. The molecule has 2 unspecified atom stereocenters. The number of nitrogens with two attached hydrogens (primary N) is 1. The number of carbonyl (C=O) groups excluding carboxylic acids is 1. The molecule has 0 spiro atoms. The Bertz CT molecular complexity index is 419. The van der Waals surface area contributed by atoms with Crippen LogP contribution in [-0.4, -0.2) is 37.1 Å². The van der Waals surface area contributed by atoms with Gasteiger partial charge in [-0.1, -0.05) is 6.92 Å². The van der Waals surface area contributed by atoms with Gasteiger partial charge in [0.1, 0.15) is 0 Å².